The van der Waals surface area contributed by atoms with Crippen LogP contribution < -0.4 is 14.8 Å². The van der Waals surface area contributed by atoms with Crippen LogP contribution in [0.2, 0.25) is 0 Å². The van der Waals surface area contributed by atoms with Crippen LogP contribution in [0.4, 0.5) is 5.00 Å². The Morgan fingerprint density at radius 1 is 1.31 bits per heavy atom. The van der Waals surface area contributed by atoms with Crippen molar-refractivity contribution < 1.29 is 14.3 Å². The van der Waals surface area contributed by atoms with E-state index in [0.29, 0.717) is 28.0 Å². The Hall–Kier alpha value is -2.78. The van der Waals surface area contributed by atoms with Crippen molar-refractivity contribution in [3.63, 3.8) is 0 Å². The van der Waals surface area contributed by atoms with Gasteiger partial charge in [0.05, 0.1) is 5.56 Å². The average molecular weight is 409 g/mol. The molecule has 1 atom stereocenters. The molecule has 6 heteroatoms. The molecule has 0 saturated carbocycles. The first-order valence-corrected chi connectivity index (χ1v) is 10.6. The number of ether oxygens (including phenoxy) is 2. The van der Waals surface area contributed by atoms with Gasteiger partial charge in [-0.25, -0.2) is 0 Å². The molecule has 1 aliphatic heterocycles. The monoisotopic (exact) mass is 408 g/mol. The SMILES string of the molecule is CC(C)(C)C1CCc2c(sc(NC(=O)C=Cc3ccc4c(c3)OCO4)c2C#N)C1. The van der Waals surface area contributed by atoms with Gasteiger partial charge in [-0.2, -0.15) is 5.26 Å². The molecule has 0 saturated heterocycles. The molecule has 1 aromatic carbocycles. The first kappa shape index (κ1) is 19.5. The maximum atomic E-state index is 12.5. The van der Waals surface area contributed by atoms with E-state index in [4.69, 9.17) is 9.47 Å². The predicted molar refractivity (Wildman–Crippen MR) is 114 cm³/mol. The van der Waals surface area contributed by atoms with Gasteiger partial charge in [0.2, 0.25) is 12.7 Å². The molecule has 2 aromatic rings. The molecule has 29 heavy (non-hydrogen) atoms. The van der Waals surface area contributed by atoms with Crippen molar-refractivity contribution in [3.8, 4) is 17.6 Å². The van der Waals surface area contributed by atoms with Crippen LogP contribution in [-0.2, 0) is 17.6 Å². The van der Waals surface area contributed by atoms with Crippen LogP contribution in [0.3, 0.4) is 0 Å². The molecule has 1 N–H and O–H groups in total. The molecule has 0 radical (unpaired) electrons. The molecule has 2 aliphatic rings. The van der Waals surface area contributed by atoms with Gasteiger partial charge in [0.1, 0.15) is 11.1 Å². The Bertz CT molecular complexity index is 1020. The highest BCUT2D eigenvalue weighted by molar-refractivity contribution is 7.16. The molecule has 1 aromatic heterocycles. The normalized spacial score (nSPS) is 17.8. The van der Waals surface area contributed by atoms with E-state index in [0.717, 1.165) is 30.4 Å². The van der Waals surface area contributed by atoms with Gasteiger partial charge in [-0.15, -0.1) is 11.3 Å². The van der Waals surface area contributed by atoms with Crippen molar-refractivity contribution in [1.29, 1.82) is 5.26 Å². The third-order valence-electron chi connectivity index (χ3n) is 5.66. The van der Waals surface area contributed by atoms with Crippen LogP contribution in [0, 0.1) is 22.7 Å². The minimum absolute atomic E-state index is 0.221. The van der Waals surface area contributed by atoms with E-state index >= 15 is 0 Å². The fourth-order valence-electron chi connectivity index (χ4n) is 3.87. The number of amides is 1. The number of carbonyl (C=O) groups excluding carboxylic acids is 1. The highest BCUT2D eigenvalue weighted by Gasteiger charge is 2.32. The molecule has 0 fully saturated rings. The van der Waals surface area contributed by atoms with Crippen molar-refractivity contribution in [2.45, 2.75) is 40.0 Å². The van der Waals surface area contributed by atoms with Gasteiger partial charge >= 0.3 is 0 Å². The summed E-state index contributed by atoms with van der Waals surface area (Å²) in [6.45, 7) is 7.03. The van der Waals surface area contributed by atoms with Crippen molar-refractivity contribution in [3.05, 3.63) is 45.8 Å². The van der Waals surface area contributed by atoms with Crippen LogP contribution >= 0.6 is 11.3 Å². The Balaban J connectivity index is 1.49. The largest absolute Gasteiger partial charge is 0.454 e. The summed E-state index contributed by atoms with van der Waals surface area (Å²) in [6.07, 6.45) is 6.17. The Kier molecular flexibility index (Phi) is 5.10. The van der Waals surface area contributed by atoms with Crippen LogP contribution in [-0.4, -0.2) is 12.7 Å². The second-order valence-corrected chi connectivity index (χ2v) is 9.67. The second kappa shape index (κ2) is 7.57. The van der Waals surface area contributed by atoms with Crippen molar-refractivity contribution in [2.24, 2.45) is 11.3 Å². The molecule has 5 nitrogen and oxygen atoms in total. The van der Waals surface area contributed by atoms with Gasteiger partial charge in [0.25, 0.3) is 0 Å². The lowest BCUT2D eigenvalue weighted by Crippen LogP contribution is -2.26. The summed E-state index contributed by atoms with van der Waals surface area (Å²) in [7, 11) is 0. The highest BCUT2D eigenvalue weighted by Crippen LogP contribution is 2.44. The summed E-state index contributed by atoms with van der Waals surface area (Å²) in [5.41, 5.74) is 2.84. The van der Waals surface area contributed by atoms with Gasteiger partial charge < -0.3 is 14.8 Å². The lowest BCUT2D eigenvalue weighted by molar-refractivity contribution is -0.111. The zero-order valence-corrected chi connectivity index (χ0v) is 17.7. The lowest BCUT2D eigenvalue weighted by Gasteiger charge is -2.33. The van der Waals surface area contributed by atoms with Gasteiger partial charge in [-0.1, -0.05) is 26.8 Å². The number of hydrogen-bond acceptors (Lipinski definition) is 5. The summed E-state index contributed by atoms with van der Waals surface area (Å²) in [5.74, 6) is 1.74. The second-order valence-electron chi connectivity index (χ2n) is 8.56. The smallest absolute Gasteiger partial charge is 0.249 e. The Morgan fingerprint density at radius 2 is 2.10 bits per heavy atom. The topological polar surface area (TPSA) is 71.3 Å². The number of rotatable bonds is 3. The fourth-order valence-corrected chi connectivity index (χ4v) is 5.15. The number of anilines is 1. The Labute approximate surface area is 175 Å². The molecule has 0 spiro atoms. The molecule has 4 rings (SSSR count). The van der Waals surface area contributed by atoms with E-state index in [1.165, 1.54) is 11.0 Å². The minimum Gasteiger partial charge on any atom is -0.454 e. The summed E-state index contributed by atoms with van der Waals surface area (Å²) in [5, 5.41) is 13.2. The van der Waals surface area contributed by atoms with E-state index in [2.05, 4.69) is 32.2 Å². The van der Waals surface area contributed by atoms with Crippen LogP contribution in [0.15, 0.2) is 24.3 Å². The van der Waals surface area contributed by atoms with E-state index in [-0.39, 0.29) is 18.1 Å². The van der Waals surface area contributed by atoms with E-state index in [9.17, 15) is 10.1 Å². The number of nitrogens with one attached hydrogen (secondary N) is 1. The van der Waals surface area contributed by atoms with Crippen molar-refractivity contribution in [2.75, 3.05) is 12.1 Å². The fraction of sp³-hybridized carbons (Fsp3) is 0.391. The average Bonchev–Trinajstić information content (AvgIpc) is 3.28. The molecule has 1 aliphatic carbocycles. The minimum atomic E-state index is -0.245. The summed E-state index contributed by atoms with van der Waals surface area (Å²) >= 11 is 1.55. The van der Waals surface area contributed by atoms with E-state index < -0.39 is 0 Å². The third kappa shape index (κ3) is 4.01. The molecule has 150 valence electrons. The number of fused-ring (bicyclic) bond motifs is 2. The predicted octanol–water partition coefficient (Wildman–Crippen LogP) is 5.15. The maximum Gasteiger partial charge on any atom is 0.249 e. The Morgan fingerprint density at radius 3 is 2.86 bits per heavy atom. The highest BCUT2D eigenvalue weighted by atomic mass is 32.1. The zero-order valence-electron chi connectivity index (χ0n) is 16.9. The summed E-state index contributed by atoms with van der Waals surface area (Å²) in [6, 6.07) is 7.84. The molecule has 0 bridgehead atoms. The van der Waals surface area contributed by atoms with Crippen LogP contribution in [0.1, 0.15) is 48.8 Å². The first-order valence-electron chi connectivity index (χ1n) is 9.78. The van der Waals surface area contributed by atoms with E-state index in [1.54, 1.807) is 17.4 Å². The maximum absolute atomic E-state index is 12.5. The van der Waals surface area contributed by atoms with Gasteiger partial charge in [-0.05, 0) is 59.9 Å². The summed E-state index contributed by atoms with van der Waals surface area (Å²) in [4.78, 5) is 13.7. The zero-order chi connectivity index (χ0) is 20.6. The molecule has 1 amide bonds. The molecule has 1 unspecified atom stereocenters. The van der Waals surface area contributed by atoms with Crippen LogP contribution in [0.5, 0.6) is 11.5 Å². The van der Waals surface area contributed by atoms with Crippen molar-refractivity contribution in [1.82, 2.24) is 0 Å². The third-order valence-corrected chi connectivity index (χ3v) is 6.83. The number of nitrogens with zero attached hydrogens (tertiary/aromatic N) is 1. The van der Waals surface area contributed by atoms with Gasteiger partial charge in [0, 0.05) is 11.0 Å². The number of carbonyl (C=O) groups is 1. The molecule has 2 heterocycles. The number of nitriles is 1. The van der Waals surface area contributed by atoms with Crippen molar-refractivity contribution >= 4 is 28.3 Å². The molecular weight excluding hydrogens is 384 g/mol. The summed E-state index contributed by atoms with van der Waals surface area (Å²) < 4.78 is 10.7. The standard InChI is InChI=1S/C23H24N2O3S/c1-23(2,3)15-6-7-16-17(12-24)22(29-20(16)11-15)25-21(26)9-5-14-4-8-18-19(10-14)28-13-27-18/h4-5,8-10,15H,6-7,11,13H2,1-3H3,(H,25,26). The number of hydrogen-bond donors (Lipinski definition) is 1. The van der Waals surface area contributed by atoms with E-state index in [1.807, 2.05) is 18.2 Å². The first-order chi connectivity index (χ1) is 13.8. The number of thiophene rings is 1. The number of benzene rings is 1. The molecular formula is C23H24N2O3S. The lowest BCUT2D eigenvalue weighted by atomic mass is 9.72. The van der Waals surface area contributed by atoms with Crippen LogP contribution in [0.25, 0.3) is 6.08 Å². The van der Waals surface area contributed by atoms with Gasteiger partial charge in [0.15, 0.2) is 11.5 Å². The van der Waals surface area contributed by atoms with Gasteiger partial charge in [-0.3, -0.25) is 4.79 Å². The quantitative estimate of drug-likeness (QED) is 0.713.